The Labute approximate surface area is 197 Å². The van der Waals surface area contributed by atoms with E-state index in [-0.39, 0.29) is 27.9 Å². The number of benzene rings is 3. The van der Waals surface area contributed by atoms with Gasteiger partial charge in [-0.05, 0) is 48.0 Å². The number of hydrogen-bond donors (Lipinski definition) is 2. The van der Waals surface area contributed by atoms with Crippen LogP contribution in [0.2, 0.25) is 15.1 Å². The molecule has 0 spiro atoms. The van der Waals surface area contributed by atoms with E-state index in [1.165, 1.54) is 30.5 Å². The van der Waals surface area contributed by atoms with Crippen molar-refractivity contribution in [3.63, 3.8) is 0 Å². The van der Waals surface area contributed by atoms with Crippen LogP contribution in [0.5, 0.6) is 5.75 Å². The average molecular weight is 495 g/mol. The maximum atomic E-state index is 13.8. The fraction of sp³-hybridized carbons (Fsp3) is 0.0455. The molecule has 0 aliphatic rings. The van der Waals surface area contributed by atoms with Gasteiger partial charge in [-0.25, -0.2) is 9.82 Å². The van der Waals surface area contributed by atoms with E-state index in [1.807, 2.05) is 0 Å². The zero-order chi connectivity index (χ0) is 23.1. The third-order valence-corrected chi connectivity index (χ3v) is 4.98. The van der Waals surface area contributed by atoms with Crippen molar-refractivity contribution in [2.75, 3.05) is 5.32 Å². The number of anilines is 1. The minimum Gasteiger partial charge on any atom is -0.489 e. The molecule has 2 amide bonds. The molecule has 2 N–H and O–H groups in total. The van der Waals surface area contributed by atoms with Crippen LogP contribution in [0.15, 0.2) is 65.8 Å². The normalized spacial score (nSPS) is 10.8. The number of ether oxygens (including phenoxy) is 1. The molecule has 32 heavy (non-hydrogen) atoms. The predicted molar refractivity (Wildman–Crippen MR) is 123 cm³/mol. The molecule has 164 valence electrons. The van der Waals surface area contributed by atoms with Gasteiger partial charge in [-0.1, -0.05) is 53.0 Å². The highest BCUT2D eigenvalue weighted by Crippen LogP contribution is 2.25. The second-order valence-corrected chi connectivity index (χ2v) is 7.59. The zero-order valence-electron chi connectivity index (χ0n) is 16.2. The SMILES string of the molecule is O=C(N/N=C/c1cccc(OCc2c(F)cccc2Cl)c1)C(=O)Nc1cc(Cl)ccc1Cl. The van der Waals surface area contributed by atoms with Crippen molar-refractivity contribution in [3.8, 4) is 5.75 Å². The summed E-state index contributed by atoms with van der Waals surface area (Å²) in [5, 5.41) is 6.94. The maximum absolute atomic E-state index is 13.8. The van der Waals surface area contributed by atoms with Gasteiger partial charge in [0.2, 0.25) is 0 Å². The summed E-state index contributed by atoms with van der Waals surface area (Å²) in [5.74, 6) is -1.99. The van der Waals surface area contributed by atoms with E-state index in [0.717, 1.165) is 0 Å². The van der Waals surface area contributed by atoms with E-state index >= 15 is 0 Å². The fourth-order valence-corrected chi connectivity index (χ4v) is 3.05. The van der Waals surface area contributed by atoms with Gasteiger partial charge in [-0.3, -0.25) is 9.59 Å². The minimum atomic E-state index is -1.00. The molecule has 0 aliphatic heterocycles. The Kier molecular flexibility index (Phi) is 8.05. The molecule has 0 radical (unpaired) electrons. The third kappa shape index (κ3) is 6.43. The Morgan fingerprint density at radius 1 is 0.969 bits per heavy atom. The standard InChI is InChI=1S/C22H15Cl3FN3O3/c23-14-7-8-18(25)20(10-14)28-21(30)22(31)29-27-11-13-3-1-4-15(9-13)32-12-16-17(24)5-2-6-19(16)26/h1-11H,12H2,(H,28,30)(H,29,31)/b27-11+. The number of rotatable bonds is 6. The van der Waals surface area contributed by atoms with Crippen LogP contribution in [-0.2, 0) is 16.2 Å². The monoisotopic (exact) mass is 493 g/mol. The molecule has 3 aromatic rings. The predicted octanol–water partition coefficient (Wildman–Crippen LogP) is 5.45. The van der Waals surface area contributed by atoms with Crippen molar-refractivity contribution in [3.05, 3.63) is 92.7 Å². The van der Waals surface area contributed by atoms with E-state index in [4.69, 9.17) is 39.5 Å². The lowest BCUT2D eigenvalue weighted by Crippen LogP contribution is -2.32. The highest BCUT2D eigenvalue weighted by Gasteiger charge is 2.15. The maximum Gasteiger partial charge on any atom is 0.329 e. The third-order valence-electron chi connectivity index (χ3n) is 4.07. The number of hydrogen-bond acceptors (Lipinski definition) is 4. The number of carbonyl (C=O) groups excluding carboxylic acids is 2. The lowest BCUT2D eigenvalue weighted by Gasteiger charge is -2.09. The number of halogens is 4. The lowest BCUT2D eigenvalue weighted by atomic mass is 10.2. The van der Waals surface area contributed by atoms with Crippen molar-refractivity contribution in [2.24, 2.45) is 5.10 Å². The number of carbonyl (C=O) groups is 2. The summed E-state index contributed by atoms with van der Waals surface area (Å²) in [4.78, 5) is 23.9. The summed E-state index contributed by atoms with van der Waals surface area (Å²) in [6, 6.07) is 15.5. The van der Waals surface area contributed by atoms with Crippen LogP contribution in [0.3, 0.4) is 0 Å². The number of amides is 2. The van der Waals surface area contributed by atoms with Crippen LogP contribution in [-0.4, -0.2) is 18.0 Å². The summed E-state index contributed by atoms with van der Waals surface area (Å²) in [5.41, 5.74) is 3.12. The van der Waals surface area contributed by atoms with E-state index < -0.39 is 17.6 Å². The summed E-state index contributed by atoms with van der Waals surface area (Å²) in [6.45, 7) is -0.0604. The van der Waals surface area contributed by atoms with E-state index in [2.05, 4.69) is 15.8 Å². The summed E-state index contributed by atoms with van der Waals surface area (Å²) in [7, 11) is 0. The topological polar surface area (TPSA) is 79.8 Å². The molecule has 6 nitrogen and oxygen atoms in total. The van der Waals surface area contributed by atoms with E-state index in [0.29, 0.717) is 16.3 Å². The first-order chi connectivity index (χ1) is 15.3. The summed E-state index contributed by atoms with van der Waals surface area (Å²) >= 11 is 17.8. The van der Waals surface area contributed by atoms with Crippen molar-refractivity contribution >= 4 is 58.5 Å². The molecule has 0 aliphatic carbocycles. The van der Waals surface area contributed by atoms with Crippen molar-refractivity contribution in [1.29, 1.82) is 0 Å². The molecule has 0 saturated carbocycles. The second-order valence-electron chi connectivity index (χ2n) is 6.34. The number of nitrogens with zero attached hydrogens (tertiary/aromatic N) is 1. The Morgan fingerprint density at radius 2 is 1.75 bits per heavy atom. The highest BCUT2D eigenvalue weighted by molar-refractivity contribution is 6.42. The molecule has 0 aromatic heterocycles. The van der Waals surface area contributed by atoms with Gasteiger partial charge in [0.25, 0.3) is 0 Å². The Balaban J connectivity index is 1.56. The smallest absolute Gasteiger partial charge is 0.329 e. The molecule has 3 rings (SSSR count). The lowest BCUT2D eigenvalue weighted by molar-refractivity contribution is -0.136. The quantitative estimate of drug-likeness (QED) is 0.271. The average Bonchev–Trinajstić information content (AvgIpc) is 2.76. The van der Waals surface area contributed by atoms with Crippen LogP contribution in [0.1, 0.15) is 11.1 Å². The Morgan fingerprint density at radius 3 is 2.53 bits per heavy atom. The van der Waals surface area contributed by atoms with Crippen LogP contribution in [0.25, 0.3) is 0 Å². The second kappa shape index (κ2) is 10.9. The fourth-order valence-electron chi connectivity index (χ4n) is 2.50. The van der Waals surface area contributed by atoms with Gasteiger partial charge >= 0.3 is 11.8 Å². The molecule has 0 fully saturated rings. The van der Waals surface area contributed by atoms with Crippen LogP contribution >= 0.6 is 34.8 Å². The Bertz CT molecular complexity index is 1170. The van der Waals surface area contributed by atoms with E-state index in [1.54, 1.807) is 36.4 Å². The number of hydrazone groups is 1. The van der Waals surface area contributed by atoms with Crippen LogP contribution in [0.4, 0.5) is 10.1 Å². The van der Waals surface area contributed by atoms with Crippen molar-refractivity contribution in [1.82, 2.24) is 5.43 Å². The highest BCUT2D eigenvalue weighted by atomic mass is 35.5. The molecule has 0 saturated heterocycles. The molecule has 0 unspecified atom stereocenters. The van der Waals surface area contributed by atoms with Gasteiger partial charge < -0.3 is 10.1 Å². The molecule has 0 bridgehead atoms. The van der Waals surface area contributed by atoms with Crippen LogP contribution in [0, 0.1) is 5.82 Å². The van der Waals surface area contributed by atoms with Gasteiger partial charge in [0.15, 0.2) is 0 Å². The molecular formula is C22H15Cl3FN3O3. The minimum absolute atomic E-state index is 0.0604. The first kappa shape index (κ1) is 23.5. The first-order valence-corrected chi connectivity index (χ1v) is 10.2. The van der Waals surface area contributed by atoms with Crippen LogP contribution < -0.4 is 15.5 Å². The zero-order valence-corrected chi connectivity index (χ0v) is 18.5. The molecule has 0 atom stereocenters. The Hall–Kier alpha value is -3.13. The van der Waals surface area contributed by atoms with E-state index in [9.17, 15) is 14.0 Å². The molecule has 0 heterocycles. The van der Waals surface area contributed by atoms with Gasteiger partial charge in [0.1, 0.15) is 18.2 Å². The molecular weight excluding hydrogens is 480 g/mol. The molecule has 10 heteroatoms. The van der Waals surface area contributed by atoms with Gasteiger partial charge in [-0.15, -0.1) is 0 Å². The summed E-state index contributed by atoms with van der Waals surface area (Å²) < 4.78 is 19.4. The number of nitrogens with one attached hydrogen (secondary N) is 2. The van der Waals surface area contributed by atoms with Crippen molar-refractivity contribution in [2.45, 2.75) is 6.61 Å². The first-order valence-electron chi connectivity index (χ1n) is 9.08. The largest absolute Gasteiger partial charge is 0.489 e. The molecule has 3 aromatic carbocycles. The van der Waals surface area contributed by atoms with Gasteiger partial charge in [0.05, 0.1) is 21.9 Å². The summed E-state index contributed by atoms with van der Waals surface area (Å²) in [6.07, 6.45) is 1.32. The van der Waals surface area contributed by atoms with Crippen molar-refractivity contribution < 1.29 is 18.7 Å². The van der Waals surface area contributed by atoms with Gasteiger partial charge in [-0.2, -0.15) is 5.10 Å². The van der Waals surface area contributed by atoms with Gasteiger partial charge in [0, 0.05) is 10.6 Å².